The van der Waals surface area contributed by atoms with E-state index < -0.39 is 0 Å². The Labute approximate surface area is 183 Å². The Bertz CT molecular complexity index is 1100. The van der Waals surface area contributed by atoms with Crippen LogP contribution in [0.25, 0.3) is 10.9 Å². The number of carbonyl (C=O) groups is 2. The van der Waals surface area contributed by atoms with Gasteiger partial charge in [-0.05, 0) is 45.4 Å². The van der Waals surface area contributed by atoms with E-state index in [1.807, 2.05) is 48.4 Å². The van der Waals surface area contributed by atoms with Gasteiger partial charge in [-0.25, -0.2) is 0 Å². The van der Waals surface area contributed by atoms with Crippen LogP contribution in [0.2, 0.25) is 0 Å². The molecule has 6 heteroatoms. The number of aryl methyl sites for hydroxylation is 1. The fraction of sp³-hybridized carbons (Fsp3) is 0.440. The number of hydrogen-bond acceptors (Lipinski definition) is 3. The molecule has 1 fully saturated rings. The molecule has 31 heavy (non-hydrogen) atoms. The van der Waals surface area contributed by atoms with Crippen molar-refractivity contribution in [3.8, 4) is 0 Å². The zero-order valence-corrected chi connectivity index (χ0v) is 18.9. The minimum atomic E-state index is 0.149. The molecule has 3 aromatic rings. The number of Topliss-reactive ketones (excluding diaryl/α,β-unsaturated/α-hetero) is 1. The van der Waals surface area contributed by atoms with Crippen molar-refractivity contribution in [2.24, 2.45) is 0 Å². The van der Waals surface area contributed by atoms with Crippen molar-refractivity contribution >= 4 is 22.6 Å². The van der Waals surface area contributed by atoms with Gasteiger partial charge in [-0.1, -0.05) is 18.2 Å². The number of rotatable bonds is 6. The van der Waals surface area contributed by atoms with Crippen molar-refractivity contribution < 1.29 is 9.59 Å². The van der Waals surface area contributed by atoms with Gasteiger partial charge in [-0.2, -0.15) is 0 Å². The highest BCUT2D eigenvalue weighted by Crippen LogP contribution is 2.22. The number of hydrogen-bond donors (Lipinski definition) is 1. The smallest absolute Gasteiger partial charge is 0.227 e. The standard InChI is InChI=1S/C25H32N4O2/c1-17(2)29-18(3)13-22(19(29)4)24(30)16-27-9-11-28(12-10-27)25(31)14-20-15-26-23-8-6-5-7-21(20)23/h5-8,13,15,17,26H,9-12,14,16H2,1-4H3. The van der Waals surface area contributed by atoms with Crippen molar-refractivity contribution in [2.75, 3.05) is 32.7 Å². The van der Waals surface area contributed by atoms with E-state index in [-0.39, 0.29) is 11.7 Å². The number of nitrogens with zero attached hydrogens (tertiary/aromatic N) is 3. The second-order valence-corrected chi connectivity index (χ2v) is 8.86. The molecule has 1 aliphatic rings. The Kier molecular flexibility index (Phi) is 6.01. The van der Waals surface area contributed by atoms with Crippen LogP contribution in [0.4, 0.5) is 0 Å². The van der Waals surface area contributed by atoms with Crippen LogP contribution in [0.15, 0.2) is 36.5 Å². The Morgan fingerprint density at radius 1 is 1.06 bits per heavy atom. The number of H-pyrrole nitrogens is 1. The van der Waals surface area contributed by atoms with Crippen molar-refractivity contribution in [3.63, 3.8) is 0 Å². The average Bonchev–Trinajstić information content (AvgIpc) is 3.28. The molecule has 0 aliphatic carbocycles. The third-order valence-electron chi connectivity index (χ3n) is 6.41. The summed E-state index contributed by atoms with van der Waals surface area (Å²) in [6, 6.07) is 10.4. The second kappa shape index (κ2) is 8.71. The van der Waals surface area contributed by atoms with Crippen molar-refractivity contribution in [2.45, 2.75) is 40.2 Å². The normalized spacial score (nSPS) is 15.2. The second-order valence-electron chi connectivity index (χ2n) is 8.86. The molecule has 6 nitrogen and oxygen atoms in total. The van der Waals surface area contributed by atoms with Gasteiger partial charge in [0, 0.05) is 66.3 Å². The van der Waals surface area contributed by atoms with E-state index in [1.54, 1.807) is 0 Å². The number of carbonyl (C=O) groups excluding carboxylic acids is 2. The predicted molar refractivity (Wildman–Crippen MR) is 124 cm³/mol. The van der Waals surface area contributed by atoms with Crippen molar-refractivity contribution in [1.29, 1.82) is 0 Å². The van der Waals surface area contributed by atoms with Gasteiger partial charge < -0.3 is 14.5 Å². The number of nitrogens with one attached hydrogen (secondary N) is 1. The van der Waals surface area contributed by atoms with Crippen LogP contribution in [0.5, 0.6) is 0 Å². The zero-order valence-electron chi connectivity index (χ0n) is 18.9. The molecule has 4 rings (SSSR count). The SMILES string of the molecule is Cc1cc(C(=O)CN2CCN(C(=O)Cc3c[nH]c4ccccc34)CC2)c(C)n1C(C)C. The summed E-state index contributed by atoms with van der Waals surface area (Å²) in [6.07, 6.45) is 2.34. The quantitative estimate of drug-likeness (QED) is 0.618. The highest BCUT2D eigenvalue weighted by molar-refractivity contribution is 5.99. The molecule has 1 N–H and O–H groups in total. The topological polar surface area (TPSA) is 61.3 Å². The molecule has 1 amide bonds. The third kappa shape index (κ3) is 4.30. The summed E-state index contributed by atoms with van der Waals surface area (Å²) < 4.78 is 2.22. The molecule has 1 aliphatic heterocycles. The van der Waals surface area contributed by atoms with Gasteiger partial charge in [-0.15, -0.1) is 0 Å². The lowest BCUT2D eigenvalue weighted by Gasteiger charge is -2.34. The largest absolute Gasteiger partial charge is 0.361 e. The highest BCUT2D eigenvalue weighted by Gasteiger charge is 2.25. The van der Waals surface area contributed by atoms with Crippen LogP contribution in [0.3, 0.4) is 0 Å². The number of piperazine rings is 1. The van der Waals surface area contributed by atoms with Gasteiger partial charge in [0.15, 0.2) is 5.78 Å². The first-order valence-electron chi connectivity index (χ1n) is 11.1. The van der Waals surface area contributed by atoms with Gasteiger partial charge in [0.2, 0.25) is 5.91 Å². The minimum absolute atomic E-state index is 0.149. The fourth-order valence-electron chi connectivity index (χ4n) is 4.85. The Morgan fingerprint density at radius 3 is 2.45 bits per heavy atom. The summed E-state index contributed by atoms with van der Waals surface area (Å²) in [7, 11) is 0. The van der Waals surface area contributed by atoms with Gasteiger partial charge in [-0.3, -0.25) is 14.5 Å². The molecule has 0 saturated carbocycles. The van der Waals surface area contributed by atoms with E-state index in [2.05, 4.69) is 35.2 Å². The third-order valence-corrected chi connectivity index (χ3v) is 6.41. The summed E-state index contributed by atoms with van der Waals surface area (Å²) >= 11 is 0. The molecule has 0 radical (unpaired) electrons. The van der Waals surface area contributed by atoms with Gasteiger partial charge in [0.05, 0.1) is 13.0 Å². The lowest BCUT2D eigenvalue weighted by Crippen LogP contribution is -2.50. The maximum absolute atomic E-state index is 12.9. The van der Waals surface area contributed by atoms with E-state index in [0.29, 0.717) is 32.1 Å². The zero-order chi connectivity index (χ0) is 22.1. The van der Waals surface area contributed by atoms with E-state index in [0.717, 1.165) is 46.5 Å². The van der Waals surface area contributed by atoms with Crippen LogP contribution in [0, 0.1) is 13.8 Å². The first kappa shape index (κ1) is 21.4. The van der Waals surface area contributed by atoms with Crippen LogP contribution >= 0.6 is 0 Å². The number of fused-ring (bicyclic) bond motifs is 1. The van der Waals surface area contributed by atoms with Gasteiger partial charge >= 0.3 is 0 Å². The molecule has 0 atom stereocenters. The van der Waals surface area contributed by atoms with E-state index in [1.165, 1.54) is 0 Å². The van der Waals surface area contributed by atoms with Crippen LogP contribution < -0.4 is 0 Å². The maximum Gasteiger partial charge on any atom is 0.227 e. The molecule has 0 spiro atoms. The van der Waals surface area contributed by atoms with E-state index >= 15 is 0 Å². The Hall–Kier alpha value is -2.86. The molecule has 0 bridgehead atoms. The number of benzene rings is 1. The molecule has 2 aromatic heterocycles. The molecule has 1 saturated heterocycles. The van der Waals surface area contributed by atoms with Crippen molar-refractivity contribution in [1.82, 2.24) is 19.4 Å². The number of amides is 1. The van der Waals surface area contributed by atoms with Gasteiger partial charge in [0.25, 0.3) is 0 Å². The minimum Gasteiger partial charge on any atom is -0.361 e. The summed E-state index contributed by atoms with van der Waals surface area (Å²) in [6.45, 7) is 11.6. The Balaban J connectivity index is 1.33. The average molecular weight is 421 g/mol. The molecule has 3 heterocycles. The lowest BCUT2D eigenvalue weighted by atomic mass is 10.1. The summed E-state index contributed by atoms with van der Waals surface area (Å²) in [5.41, 5.74) is 5.10. The number of aromatic amines is 1. The number of para-hydroxylation sites is 1. The molecule has 1 aromatic carbocycles. The van der Waals surface area contributed by atoms with Gasteiger partial charge in [0.1, 0.15) is 0 Å². The first-order chi connectivity index (χ1) is 14.8. The lowest BCUT2D eigenvalue weighted by molar-refractivity contribution is -0.132. The van der Waals surface area contributed by atoms with Crippen molar-refractivity contribution in [3.05, 3.63) is 59.0 Å². The molecule has 0 unspecified atom stereocenters. The van der Waals surface area contributed by atoms with E-state index in [9.17, 15) is 9.59 Å². The van der Waals surface area contributed by atoms with E-state index in [4.69, 9.17) is 0 Å². The summed E-state index contributed by atoms with van der Waals surface area (Å²) in [5.74, 6) is 0.315. The summed E-state index contributed by atoms with van der Waals surface area (Å²) in [4.78, 5) is 33.1. The number of aromatic nitrogens is 2. The molecule has 164 valence electrons. The Morgan fingerprint density at radius 2 is 1.77 bits per heavy atom. The summed E-state index contributed by atoms with van der Waals surface area (Å²) in [5, 5.41) is 1.11. The number of ketones is 1. The monoisotopic (exact) mass is 420 g/mol. The van der Waals surface area contributed by atoms with Crippen LogP contribution in [0.1, 0.15) is 47.2 Å². The van der Waals surface area contributed by atoms with Crippen LogP contribution in [-0.4, -0.2) is 63.8 Å². The van der Waals surface area contributed by atoms with Crippen LogP contribution in [-0.2, 0) is 11.2 Å². The molecular weight excluding hydrogens is 388 g/mol. The maximum atomic E-state index is 12.9. The fourth-order valence-corrected chi connectivity index (χ4v) is 4.85. The first-order valence-corrected chi connectivity index (χ1v) is 11.1. The highest BCUT2D eigenvalue weighted by atomic mass is 16.2. The molecular formula is C25H32N4O2. The predicted octanol–water partition coefficient (Wildman–Crippen LogP) is 3.74.